The molecule has 0 radical (unpaired) electrons. The molecule has 0 saturated carbocycles. The van der Waals surface area contributed by atoms with Gasteiger partial charge in [-0.15, -0.1) is 4.40 Å². The maximum absolute atomic E-state index is 11.9. The van der Waals surface area contributed by atoms with E-state index < -0.39 is 14.9 Å². The summed E-state index contributed by atoms with van der Waals surface area (Å²) in [6.45, 7) is 0. The molecule has 0 fully saturated rings. The lowest BCUT2D eigenvalue weighted by atomic mass is 10.2. The Kier molecular flexibility index (Phi) is 3.73. The molecule has 1 aliphatic rings. The summed E-state index contributed by atoms with van der Waals surface area (Å²) in [5.74, 6) is -0.167. The molecule has 0 amide bonds. The van der Waals surface area contributed by atoms with E-state index in [-0.39, 0.29) is 27.7 Å². The highest BCUT2D eigenvalue weighted by molar-refractivity contribution is 7.90. The summed E-state index contributed by atoms with van der Waals surface area (Å²) < 4.78 is 27.3. The predicted molar refractivity (Wildman–Crippen MR) is 85.7 cm³/mol. The van der Waals surface area contributed by atoms with Crippen molar-refractivity contribution >= 4 is 27.8 Å². The highest BCUT2D eigenvalue weighted by atomic mass is 32.2. The lowest BCUT2D eigenvalue weighted by Gasteiger charge is -2.01. The molecule has 2 aromatic carbocycles. The number of hydrogen-bond acceptors (Lipinski definition) is 7. The molecular weight excluding hydrogens is 336 g/mol. The first kappa shape index (κ1) is 15.6. The van der Waals surface area contributed by atoms with Crippen molar-refractivity contribution in [1.29, 1.82) is 0 Å². The SMILES string of the molecule is O=[N+]([O-])c1ccc(O)c(/C=N\NC2=NS(=O)(=O)c3ccccc32)c1. The number of aromatic hydroxyl groups is 1. The number of nitro benzene ring substituents is 1. The number of nitrogens with zero attached hydrogens (tertiary/aromatic N) is 3. The Hall–Kier alpha value is -3.27. The number of sulfonamides is 1. The van der Waals surface area contributed by atoms with Gasteiger partial charge in [0.1, 0.15) is 10.6 Å². The summed E-state index contributed by atoms with van der Waals surface area (Å²) in [5.41, 5.74) is 2.75. The minimum absolute atomic E-state index is 0.0340. The molecule has 1 aliphatic heterocycles. The third kappa shape index (κ3) is 2.82. The van der Waals surface area contributed by atoms with Crippen LogP contribution < -0.4 is 5.43 Å². The number of nitrogens with one attached hydrogen (secondary N) is 1. The monoisotopic (exact) mass is 346 g/mol. The first-order valence-corrected chi connectivity index (χ1v) is 8.03. The molecule has 0 bridgehead atoms. The molecule has 24 heavy (non-hydrogen) atoms. The minimum Gasteiger partial charge on any atom is -0.507 e. The predicted octanol–water partition coefficient (Wildman–Crippen LogP) is 1.37. The third-order valence-corrected chi connectivity index (χ3v) is 4.56. The topological polar surface area (TPSA) is 134 Å². The molecule has 1 heterocycles. The number of phenols is 1. The standard InChI is InChI=1S/C14H10N4O5S/c19-12-6-5-10(18(20)21)7-9(12)8-15-16-14-11-3-1-2-4-13(11)24(22,23)17-14/h1-8,19H,(H,16,17)/b15-8-. The number of phenolic OH excluding ortho intramolecular Hbond substituents is 1. The second-order valence-electron chi connectivity index (χ2n) is 4.78. The molecule has 10 heteroatoms. The van der Waals surface area contributed by atoms with Crippen molar-refractivity contribution in [2.75, 3.05) is 0 Å². The van der Waals surface area contributed by atoms with Gasteiger partial charge >= 0.3 is 0 Å². The maximum atomic E-state index is 11.9. The van der Waals surface area contributed by atoms with Gasteiger partial charge in [0.2, 0.25) is 0 Å². The van der Waals surface area contributed by atoms with E-state index in [1.54, 1.807) is 18.2 Å². The van der Waals surface area contributed by atoms with Gasteiger partial charge in [-0.3, -0.25) is 15.5 Å². The lowest BCUT2D eigenvalue weighted by Crippen LogP contribution is -2.17. The summed E-state index contributed by atoms with van der Waals surface area (Å²) >= 11 is 0. The van der Waals surface area contributed by atoms with Crippen LogP contribution in [0.3, 0.4) is 0 Å². The Balaban J connectivity index is 1.86. The van der Waals surface area contributed by atoms with Crippen molar-refractivity contribution in [3.05, 3.63) is 63.7 Å². The van der Waals surface area contributed by atoms with Crippen LogP contribution in [-0.4, -0.2) is 30.5 Å². The van der Waals surface area contributed by atoms with E-state index in [4.69, 9.17) is 0 Å². The van der Waals surface area contributed by atoms with Crippen molar-refractivity contribution in [2.24, 2.45) is 9.50 Å². The van der Waals surface area contributed by atoms with E-state index >= 15 is 0 Å². The van der Waals surface area contributed by atoms with Gasteiger partial charge < -0.3 is 5.11 Å². The normalized spacial score (nSPS) is 15.1. The average molecular weight is 346 g/mol. The Morgan fingerprint density at radius 2 is 2.00 bits per heavy atom. The fourth-order valence-corrected chi connectivity index (χ4v) is 3.28. The summed E-state index contributed by atoms with van der Waals surface area (Å²) in [5, 5.41) is 24.2. The Morgan fingerprint density at radius 3 is 2.75 bits per heavy atom. The number of benzene rings is 2. The Morgan fingerprint density at radius 1 is 1.25 bits per heavy atom. The van der Waals surface area contributed by atoms with Crippen LogP contribution in [0.4, 0.5) is 5.69 Å². The van der Waals surface area contributed by atoms with Crippen LogP contribution >= 0.6 is 0 Å². The lowest BCUT2D eigenvalue weighted by molar-refractivity contribution is -0.384. The minimum atomic E-state index is -3.76. The van der Waals surface area contributed by atoms with E-state index in [1.165, 1.54) is 12.1 Å². The van der Waals surface area contributed by atoms with E-state index in [9.17, 15) is 23.6 Å². The second kappa shape index (κ2) is 5.74. The number of non-ortho nitro benzene ring substituents is 1. The van der Waals surface area contributed by atoms with Gasteiger partial charge in [0.05, 0.1) is 11.1 Å². The van der Waals surface area contributed by atoms with Crippen LogP contribution in [0.25, 0.3) is 0 Å². The van der Waals surface area contributed by atoms with E-state index in [2.05, 4.69) is 14.9 Å². The maximum Gasteiger partial charge on any atom is 0.285 e. The smallest absolute Gasteiger partial charge is 0.285 e. The molecule has 0 atom stereocenters. The number of amidine groups is 1. The Bertz CT molecular complexity index is 998. The molecule has 3 rings (SSSR count). The van der Waals surface area contributed by atoms with Gasteiger partial charge in [-0.2, -0.15) is 13.5 Å². The van der Waals surface area contributed by atoms with Crippen LogP contribution in [0.5, 0.6) is 5.75 Å². The van der Waals surface area contributed by atoms with Crippen LogP contribution in [0, 0.1) is 10.1 Å². The number of hydrogen-bond donors (Lipinski definition) is 2. The molecule has 122 valence electrons. The van der Waals surface area contributed by atoms with Gasteiger partial charge in [-0.05, 0) is 18.2 Å². The molecule has 0 aliphatic carbocycles. The van der Waals surface area contributed by atoms with E-state index in [0.29, 0.717) is 5.56 Å². The fourth-order valence-electron chi connectivity index (χ4n) is 2.11. The van der Waals surface area contributed by atoms with Gasteiger partial charge in [-0.1, -0.05) is 12.1 Å². The molecule has 0 saturated heterocycles. The number of fused-ring (bicyclic) bond motifs is 1. The van der Waals surface area contributed by atoms with E-state index in [0.717, 1.165) is 18.3 Å². The van der Waals surface area contributed by atoms with Gasteiger partial charge in [0.25, 0.3) is 15.7 Å². The summed E-state index contributed by atoms with van der Waals surface area (Å²) in [6.07, 6.45) is 1.14. The van der Waals surface area contributed by atoms with Crippen molar-refractivity contribution in [3.8, 4) is 5.75 Å². The summed E-state index contributed by atoms with van der Waals surface area (Å²) in [4.78, 5) is 10.2. The van der Waals surface area contributed by atoms with Crippen molar-refractivity contribution in [2.45, 2.75) is 4.90 Å². The highest BCUT2D eigenvalue weighted by Crippen LogP contribution is 2.25. The Labute approximate surface area is 136 Å². The summed E-state index contributed by atoms with van der Waals surface area (Å²) in [7, 11) is -3.76. The second-order valence-corrected chi connectivity index (χ2v) is 6.35. The zero-order valence-electron chi connectivity index (χ0n) is 11.9. The molecular formula is C14H10N4O5S. The van der Waals surface area contributed by atoms with Crippen molar-refractivity contribution < 1.29 is 18.4 Å². The average Bonchev–Trinajstić information content (AvgIpc) is 2.80. The quantitative estimate of drug-likeness (QED) is 0.490. The molecule has 0 spiro atoms. The number of rotatable bonds is 3. The van der Waals surface area contributed by atoms with Crippen LogP contribution in [0.15, 0.2) is 56.9 Å². The molecule has 9 nitrogen and oxygen atoms in total. The zero-order valence-corrected chi connectivity index (χ0v) is 12.8. The van der Waals surface area contributed by atoms with Crippen LogP contribution in [0.1, 0.15) is 11.1 Å². The highest BCUT2D eigenvalue weighted by Gasteiger charge is 2.28. The number of nitro groups is 1. The molecule has 2 aromatic rings. The molecule has 0 aromatic heterocycles. The fraction of sp³-hybridized carbons (Fsp3) is 0. The summed E-state index contributed by atoms with van der Waals surface area (Å²) in [6, 6.07) is 9.72. The van der Waals surface area contributed by atoms with Gasteiger partial charge in [0, 0.05) is 23.3 Å². The first-order chi connectivity index (χ1) is 11.4. The van der Waals surface area contributed by atoms with Crippen molar-refractivity contribution in [3.63, 3.8) is 0 Å². The van der Waals surface area contributed by atoms with Crippen molar-refractivity contribution in [1.82, 2.24) is 5.43 Å². The van der Waals surface area contributed by atoms with Gasteiger partial charge in [0.15, 0.2) is 5.84 Å². The largest absolute Gasteiger partial charge is 0.507 e. The van der Waals surface area contributed by atoms with Crippen LogP contribution in [-0.2, 0) is 10.0 Å². The van der Waals surface area contributed by atoms with Gasteiger partial charge in [-0.25, -0.2) is 0 Å². The number of hydrazone groups is 1. The molecule has 2 N–H and O–H groups in total. The zero-order chi connectivity index (χ0) is 17.3. The molecule has 0 unspecified atom stereocenters. The first-order valence-electron chi connectivity index (χ1n) is 6.59. The van der Waals surface area contributed by atoms with E-state index in [1.807, 2.05) is 0 Å². The third-order valence-electron chi connectivity index (χ3n) is 3.23. The van der Waals surface area contributed by atoms with Crippen LogP contribution in [0.2, 0.25) is 0 Å².